The Hall–Kier alpha value is -2.87. The zero-order chi connectivity index (χ0) is 24.4. The highest BCUT2D eigenvalue weighted by molar-refractivity contribution is 5.95. The van der Waals surface area contributed by atoms with Gasteiger partial charge in [0.05, 0.1) is 6.61 Å². The van der Waals surface area contributed by atoms with Crippen molar-refractivity contribution in [2.24, 2.45) is 0 Å². The molecule has 0 unspecified atom stereocenters. The summed E-state index contributed by atoms with van der Waals surface area (Å²) in [6.07, 6.45) is 15.9. The highest BCUT2D eigenvalue weighted by atomic mass is 16.5. The molecule has 3 aromatic carbocycles. The first-order valence-corrected chi connectivity index (χ1v) is 13.7. The molecule has 0 N–H and O–H groups in total. The number of hydrogen-bond donors (Lipinski definition) is 0. The maximum atomic E-state index is 12.1. The van der Waals surface area contributed by atoms with Crippen LogP contribution in [0.25, 0.3) is 11.1 Å². The van der Waals surface area contributed by atoms with Crippen molar-refractivity contribution in [1.82, 2.24) is 0 Å². The van der Waals surface area contributed by atoms with E-state index in [1.54, 1.807) is 0 Å². The largest absolute Gasteiger partial charge is 0.494 e. The molecule has 0 spiro atoms. The van der Waals surface area contributed by atoms with Crippen LogP contribution < -0.4 is 4.74 Å². The van der Waals surface area contributed by atoms with E-state index in [1.165, 1.54) is 75.3 Å². The Kier molecular flexibility index (Phi) is 12.8. The second kappa shape index (κ2) is 16.7. The Morgan fingerprint density at radius 1 is 0.486 bits per heavy atom. The van der Waals surface area contributed by atoms with Crippen molar-refractivity contribution in [2.75, 3.05) is 6.61 Å². The smallest absolute Gasteiger partial charge is 0.162 e. The molecule has 0 saturated heterocycles. The molecule has 0 fully saturated rings. The molecule has 0 aliphatic heterocycles. The van der Waals surface area contributed by atoms with Crippen LogP contribution in [0, 0.1) is 0 Å². The second-order valence-corrected chi connectivity index (χ2v) is 9.52. The Morgan fingerprint density at radius 3 is 1.51 bits per heavy atom. The molecule has 186 valence electrons. The zero-order valence-electron chi connectivity index (χ0n) is 21.3. The van der Waals surface area contributed by atoms with Crippen LogP contribution in [-0.4, -0.2) is 12.4 Å². The van der Waals surface area contributed by atoms with Crippen LogP contribution in [0.1, 0.15) is 93.8 Å². The molecule has 2 heteroatoms. The van der Waals surface area contributed by atoms with Gasteiger partial charge in [-0.2, -0.15) is 0 Å². The van der Waals surface area contributed by atoms with Gasteiger partial charge in [0.15, 0.2) is 5.78 Å². The average Bonchev–Trinajstić information content (AvgIpc) is 2.92. The highest BCUT2D eigenvalue weighted by Crippen LogP contribution is 2.22. The Labute approximate surface area is 212 Å². The monoisotopic (exact) mass is 470 g/mol. The Balaban J connectivity index is 1.08. The minimum Gasteiger partial charge on any atom is -0.494 e. The number of unbranched alkanes of at least 4 members (excludes halogenated alkanes) is 11. The van der Waals surface area contributed by atoms with Crippen molar-refractivity contribution >= 4 is 5.78 Å². The molecule has 0 amide bonds. The first-order valence-electron chi connectivity index (χ1n) is 13.7. The zero-order valence-corrected chi connectivity index (χ0v) is 21.3. The SMILES string of the molecule is O=C(CCCCCCCCCCCCCCOc1ccc(-c2ccccc2)cc1)c1ccccc1. The predicted molar refractivity (Wildman–Crippen MR) is 148 cm³/mol. The lowest BCUT2D eigenvalue weighted by atomic mass is 10.0. The molecular weight excluding hydrogens is 428 g/mol. The number of hydrogen-bond acceptors (Lipinski definition) is 2. The molecule has 3 aromatic rings. The average molecular weight is 471 g/mol. The summed E-state index contributed by atoms with van der Waals surface area (Å²) in [7, 11) is 0. The van der Waals surface area contributed by atoms with Gasteiger partial charge in [-0.15, -0.1) is 0 Å². The summed E-state index contributed by atoms with van der Waals surface area (Å²) in [6.45, 7) is 0.807. The number of rotatable bonds is 18. The minimum absolute atomic E-state index is 0.287. The molecule has 0 atom stereocenters. The summed E-state index contributed by atoms with van der Waals surface area (Å²) < 4.78 is 5.91. The van der Waals surface area contributed by atoms with E-state index < -0.39 is 0 Å². The topological polar surface area (TPSA) is 26.3 Å². The fourth-order valence-electron chi connectivity index (χ4n) is 4.49. The van der Waals surface area contributed by atoms with Crippen LogP contribution in [0.15, 0.2) is 84.9 Å². The Morgan fingerprint density at radius 2 is 0.943 bits per heavy atom. The van der Waals surface area contributed by atoms with E-state index in [0.717, 1.165) is 30.8 Å². The lowest BCUT2D eigenvalue weighted by Gasteiger charge is -2.08. The number of carbonyl (C=O) groups is 1. The van der Waals surface area contributed by atoms with Crippen LogP contribution in [0.5, 0.6) is 5.75 Å². The second-order valence-electron chi connectivity index (χ2n) is 9.52. The maximum Gasteiger partial charge on any atom is 0.162 e. The van der Waals surface area contributed by atoms with Crippen LogP contribution in [0.2, 0.25) is 0 Å². The number of ether oxygens (including phenoxy) is 1. The molecule has 0 aliphatic rings. The van der Waals surface area contributed by atoms with E-state index in [9.17, 15) is 4.79 Å². The van der Waals surface area contributed by atoms with E-state index in [4.69, 9.17) is 4.74 Å². The first-order chi connectivity index (χ1) is 17.3. The predicted octanol–water partition coefficient (Wildman–Crippen LogP) is 9.69. The van der Waals surface area contributed by atoms with Gasteiger partial charge in [0.25, 0.3) is 0 Å². The van der Waals surface area contributed by atoms with Gasteiger partial charge in [0, 0.05) is 12.0 Å². The highest BCUT2D eigenvalue weighted by Gasteiger charge is 2.04. The summed E-state index contributed by atoms with van der Waals surface area (Å²) >= 11 is 0. The molecular formula is C33H42O2. The van der Waals surface area contributed by atoms with Crippen molar-refractivity contribution in [3.63, 3.8) is 0 Å². The number of carbonyl (C=O) groups excluding carboxylic acids is 1. The molecule has 0 radical (unpaired) electrons. The van der Waals surface area contributed by atoms with Gasteiger partial charge in [-0.05, 0) is 36.1 Å². The molecule has 0 saturated carbocycles. The van der Waals surface area contributed by atoms with Gasteiger partial charge in [0.2, 0.25) is 0 Å². The van der Waals surface area contributed by atoms with Gasteiger partial charge in [-0.25, -0.2) is 0 Å². The standard InChI is InChI=1S/C33H42O2/c34-33(31-21-15-12-16-22-31)23-17-9-7-5-3-1-2-4-6-8-10-18-28-35-32-26-24-30(25-27-32)29-19-13-11-14-20-29/h11-16,19-22,24-27H,1-10,17-18,23,28H2. The Bertz CT molecular complexity index is 932. The summed E-state index contributed by atoms with van der Waals surface area (Å²) in [4.78, 5) is 12.1. The summed E-state index contributed by atoms with van der Waals surface area (Å²) in [5, 5.41) is 0. The summed E-state index contributed by atoms with van der Waals surface area (Å²) in [5.74, 6) is 1.25. The first kappa shape index (κ1) is 26.7. The van der Waals surface area contributed by atoms with Crippen LogP contribution >= 0.6 is 0 Å². The minimum atomic E-state index is 0.287. The van der Waals surface area contributed by atoms with E-state index in [2.05, 4.69) is 48.5 Å². The fourth-order valence-corrected chi connectivity index (χ4v) is 4.49. The van der Waals surface area contributed by atoms with Crippen LogP contribution in [-0.2, 0) is 0 Å². The third kappa shape index (κ3) is 10.9. The maximum absolute atomic E-state index is 12.1. The quantitative estimate of drug-likeness (QED) is 0.137. The van der Waals surface area contributed by atoms with E-state index in [0.29, 0.717) is 6.42 Å². The van der Waals surface area contributed by atoms with Gasteiger partial charge >= 0.3 is 0 Å². The van der Waals surface area contributed by atoms with Crippen molar-refractivity contribution in [2.45, 2.75) is 83.5 Å². The molecule has 3 rings (SSSR count). The number of benzene rings is 3. The third-order valence-corrected chi connectivity index (χ3v) is 6.62. The van der Waals surface area contributed by atoms with Gasteiger partial charge in [-0.1, -0.05) is 137 Å². The van der Waals surface area contributed by atoms with Crippen LogP contribution in [0.4, 0.5) is 0 Å². The van der Waals surface area contributed by atoms with E-state index >= 15 is 0 Å². The van der Waals surface area contributed by atoms with Crippen molar-refractivity contribution < 1.29 is 9.53 Å². The fraction of sp³-hybridized carbons (Fsp3) is 0.424. The molecule has 0 heterocycles. The lowest BCUT2D eigenvalue weighted by molar-refractivity contribution is 0.0979. The number of Topliss-reactive ketones (excluding diaryl/α,β-unsaturated/α-hetero) is 1. The van der Waals surface area contributed by atoms with Crippen molar-refractivity contribution in [3.8, 4) is 16.9 Å². The van der Waals surface area contributed by atoms with Gasteiger partial charge < -0.3 is 4.74 Å². The molecule has 0 aromatic heterocycles. The molecule has 0 bridgehead atoms. The van der Waals surface area contributed by atoms with Gasteiger partial charge in [-0.3, -0.25) is 4.79 Å². The van der Waals surface area contributed by atoms with Crippen LogP contribution in [0.3, 0.4) is 0 Å². The molecule has 2 nitrogen and oxygen atoms in total. The normalized spacial score (nSPS) is 10.9. The number of ketones is 1. The van der Waals surface area contributed by atoms with Crippen molar-refractivity contribution in [1.29, 1.82) is 0 Å². The summed E-state index contributed by atoms with van der Waals surface area (Å²) in [6, 6.07) is 28.6. The third-order valence-electron chi connectivity index (χ3n) is 6.62. The van der Waals surface area contributed by atoms with E-state index in [1.807, 2.05) is 36.4 Å². The van der Waals surface area contributed by atoms with Gasteiger partial charge in [0.1, 0.15) is 5.75 Å². The molecule has 0 aliphatic carbocycles. The van der Waals surface area contributed by atoms with Crippen molar-refractivity contribution in [3.05, 3.63) is 90.5 Å². The molecule has 35 heavy (non-hydrogen) atoms. The lowest BCUT2D eigenvalue weighted by Crippen LogP contribution is -1.98. The summed E-state index contributed by atoms with van der Waals surface area (Å²) in [5.41, 5.74) is 3.33. The van der Waals surface area contributed by atoms with E-state index in [-0.39, 0.29) is 5.78 Å².